The molecule has 1 aromatic carbocycles. The van der Waals surface area contributed by atoms with Crippen molar-refractivity contribution < 1.29 is 10.2 Å². The second-order valence-corrected chi connectivity index (χ2v) is 9.75. The van der Waals surface area contributed by atoms with Gasteiger partial charge in [-0.2, -0.15) is 0 Å². The van der Waals surface area contributed by atoms with E-state index in [9.17, 15) is 10.2 Å². The Labute approximate surface area is 146 Å². The number of aryl methyl sites for hydroxylation is 1. The molecule has 0 aliphatic heterocycles. The summed E-state index contributed by atoms with van der Waals surface area (Å²) in [5, 5.41) is 22.0. The standard InChI is InChI=1S/C22H32O2/c1-5-21(3,4)18-19(23)13(2)6-17(20(18)24)22-10-14-7-15(11-22)9-16(8-14)12-22/h6,14-16,23-24H,5,7-12H2,1-4H3. The SMILES string of the molecule is CCC(C)(C)c1c(O)c(C)cc(C23CC4CC(CC(C4)C2)C3)c1O. The van der Waals surface area contributed by atoms with Gasteiger partial charge < -0.3 is 10.2 Å². The Morgan fingerprint density at radius 3 is 1.96 bits per heavy atom. The molecule has 132 valence electrons. The van der Waals surface area contributed by atoms with Crippen molar-refractivity contribution in [1.82, 2.24) is 0 Å². The fraction of sp³-hybridized carbons (Fsp3) is 0.727. The van der Waals surface area contributed by atoms with Crippen LogP contribution in [0.15, 0.2) is 6.07 Å². The highest BCUT2D eigenvalue weighted by molar-refractivity contribution is 5.58. The number of phenols is 2. The first-order chi connectivity index (χ1) is 11.3. The molecule has 5 rings (SSSR count). The van der Waals surface area contributed by atoms with Crippen LogP contribution < -0.4 is 0 Å². The highest BCUT2D eigenvalue weighted by atomic mass is 16.3. The highest BCUT2D eigenvalue weighted by Gasteiger charge is 2.53. The average Bonchev–Trinajstić information content (AvgIpc) is 2.49. The van der Waals surface area contributed by atoms with Crippen LogP contribution in [0.25, 0.3) is 0 Å². The summed E-state index contributed by atoms with van der Waals surface area (Å²) in [6.07, 6.45) is 8.84. The van der Waals surface area contributed by atoms with E-state index >= 15 is 0 Å². The summed E-state index contributed by atoms with van der Waals surface area (Å²) in [4.78, 5) is 0. The van der Waals surface area contributed by atoms with Crippen LogP contribution in [0.5, 0.6) is 11.5 Å². The predicted molar refractivity (Wildman–Crippen MR) is 97.7 cm³/mol. The smallest absolute Gasteiger partial charge is 0.126 e. The van der Waals surface area contributed by atoms with Crippen molar-refractivity contribution in [1.29, 1.82) is 0 Å². The van der Waals surface area contributed by atoms with Gasteiger partial charge >= 0.3 is 0 Å². The number of aromatic hydroxyl groups is 2. The van der Waals surface area contributed by atoms with Gasteiger partial charge in [-0.15, -0.1) is 0 Å². The van der Waals surface area contributed by atoms with Crippen molar-refractivity contribution in [2.45, 2.75) is 83.5 Å². The second-order valence-electron chi connectivity index (χ2n) is 9.75. The fourth-order valence-corrected chi connectivity index (χ4v) is 6.46. The van der Waals surface area contributed by atoms with Crippen LogP contribution >= 0.6 is 0 Å². The molecule has 0 amide bonds. The minimum Gasteiger partial charge on any atom is -0.507 e. The lowest BCUT2D eigenvalue weighted by atomic mass is 9.47. The maximum Gasteiger partial charge on any atom is 0.126 e. The number of hydrogen-bond acceptors (Lipinski definition) is 2. The number of rotatable bonds is 3. The van der Waals surface area contributed by atoms with Crippen LogP contribution in [-0.2, 0) is 10.8 Å². The van der Waals surface area contributed by atoms with Crippen LogP contribution in [0, 0.1) is 24.7 Å². The predicted octanol–water partition coefficient (Wildman–Crippen LogP) is 5.56. The van der Waals surface area contributed by atoms with Crippen LogP contribution in [0.3, 0.4) is 0 Å². The molecule has 0 aromatic heterocycles. The van der Waals surface area contributed by atoms with Gasteiger partial charge in [0.1, 0.15) is 11.5 Å². The minimum atomic E-state index is -0.211. The first kappa shape index (κ1) is 16.3. The molecule has 0 radical (unpaired) electrons. The Bertz CT molecular complexity index is 636. The van der Waals surface area contributed by atoms with Gasteiger partial charge in [0.15, 0.2) is 0 Å². The zero-order valence-electron chi connectivity index (χ0n) is 15.7. The van der Waals surface area contributed by atoms with E-state index in [4.69, 9.17) is 0 Å². The molecule has 0 atom stereocenters. The Kier molecular flexibility index (Phi) is 3.50. The Morgan fingerprint density at radius 2 is 1.50 bits per heavy atom. The van der Waals surface area contributed by atoms with Crippen molar-refractivity contribution >= 4 is 0 Å². The van der Waals surface area contributed by atoms with Gasteiger partial charge in [0, 0.05) is 11.1 Å². The Balaban J connectivity index is 1.88. The van der Waals surface area contributed by atoms with Gasteiger partial charge in [-0.25, -0.2) is 0 Å². The van der Waals surface area contributed by atoms with Crippen LogP contribution in [0.1, 0.15) is 82.4 Å². The van der Waals surface area contributed by atoms with Gasteiger partial charge in [-0.1, -0.05) is 20.8 Å². The van der Waals surface area contributed by atoms with E-state index in [1.54, 1.807) is 0 Å². The third-order valence-electron chi connectivity index (χ3n) is 7.63. The van der Waals surface area contributed by atoms with Crippen molar-refractivity contribution in [2.24, 2.45) is 17.8 Å². The zero-order valence-corrected chi connectivity index (χ0v) is 15.7. The van der Waals surface area contributed by atoms with Crippen molar-refractivity contribution in [3.05, 3.63) is 22.8 Å². The molecule has 4 aliphatic carbocycles. The van der Waals surface area contributed by atoms with Gasteiger partial charge in [0.2, 0.25) is 0 Å². The normalized spacial score (nSPS) is 34.8. The third-order valence-corrected chi connectivity index (χ3v) is 7.63. The molecular weight excluding hydrogens is 296 g/mol. The lowest BCUT2D eigenvalue weighted by molar-refractivity contribution is -0.00628. The van der Waals surface area contributed by atoms with E-state index in [0.717, 1.165) is 40.9 Å². The maximum absolute atomic E-state index is 11.3. The average molecular weight is 328 g/mol. The molecule has 4 fully saturated rings. The third kappa shape index (κ3) is 2.21. The van der Waals surface area contributed by atoms with Gasteiger partial charge in [0.05, 0.1) is 0 Å². The van der Waals surface area contributed by atoms with E-state index in [1.807, 2.05) is 6.92 Å². The van der Waals surface area contributed by atoms with Crippen molar-refractivity contribution in [3.63, 3.8) is 0 Å². The van der Waals surface area contributed by atoms with Gasteiger partial charge in [-0.3, -0.25) is 0 Å². The molecule has 0 unspecified atom stereocenters. The number of hydrogen-bond donors (Lipinski definition) is 2. The molecule has 4 saturated carbocycles. The summed E-state index contributed by atoms with van der Waals surface area (Å²) in [7, 11) is 0. The minimum absolute atomic E-state index is 0.163. The summed E-state index contributed by atoms with van der Waals surface area (Å²) in [5.74, 6) is 3.26. The maximum atomic E-state index is 11.3. The molecule has 0 saturated heterocycles. The van der Waals surface area contributed by atoms with Crippen molar-refractivity contribution in [2.75, 3.05) is 0 Å². The molecular formula is C22H32O2. The van der Waals surface area contributed by atoms with Crippen LogP contribution in [0.4, 0.5) is 0 Å². The molecule has 0 heterocycles. The topological polar surface area (TPSA) is 40.5 Å². The molecule has 2 heteroatoms. The van der Waals surface area contributed by atoms with Gasteiger partial charge in [-0.05, 0) is 92.1 Å². The van der Waals surface area contributed by atoms with E-state index in [1.165, 1.54) is 38.5 Å². The quantitative estimate of drug-likeness (QED) is 0.762. The van der Waals surface area contributed by atoms with E-state index < -0.39 is 0 Å². The second kappa shape index (κ2) is 5.16. The molecule has 1 aromatic rings. The van der Waals surface area contributed by atoms with Gasteiger partial charge in [0.25, 0.3) is 0 Å². The fourth-order valence-electron chi connectivity index (χ4n) is 6.46. The summed E-state index contributed by atoms with van der Waals surface area (Å²) >= 11 is 0. The molecule has 2 N–H and O–H groups in total. The summed E-state index contributed by atoms with van der Waals surface area (Å²) in [6, 6.07) is 2.10. The van der Waals surface area contributed by atoms with E-state index in [0.29, 0.717) is 11.5 Å². The monoisotopic (exact) mass is 328 g/mol. The molecule has 2 nitrogen and oxygen atoms in total. The first-order valence-electron chi connectivity index (χ1n) is 9.82. The number of phenolic OH excluding ortho intramolecular Hbond substituents is 2. The van der Waals surface area contributed by atoms with Crippen molar-refractivity contribution in [3.8, 4) is 11.5 Å². The molecule has 24 heavy (non-hydrogen) atoms. The summed E-state index contributed by atoms with van der Waals surface area (Å²) in [6.45, 7) is 8.38. The molecule has 4 aliphatic rings. The zero-order chi connectivity index (χ0) is 17.3. The van der Waals surface area contributed by atoms with Crippen LogP contribution in [-0.4, -0.2) is 10.2 Å². The van der Waals surface area contributed by atoms with E-state index in [-0.39, 0.29) is 10.8 Å². The Morgan fingerprint density at radius 1 is 1.00 bits per heavy atom. The number of benzene rings is 1. The first-order valence-corrected chi connectivity index (χ1v) is 9.82. The van der Waals surface area contributed by atoms with Crippen LogP contribution in [0.2, 0.25) is 0 Å². The molecule has 4 bridgehead atoms. The Hall–Kier alpha value is -1.18. The molecule has 0 spiro atoms. The largest absolute Gasteiger partial charge is 0.507 e. The lowest BCUT2D eigenvalue weighted by Gasteiger charge is -2.57. The van der Waals surface area contributed by atoms with E-state index in [2.05, 4.69) is 26.8 Å². The highest BCUT2D eigenvalue weighted by Crippen LogP contribution is 2.63. The lowest BCUT2D eigenvalue weighted by Crippen LogP contribution is -2.48. The summed E-state index contributed by atoms with van der Waals surface area (Å²) in [5.41, 5.74) is 2.80. The summed E-state index contributed by atoms with van der Waals surface area (Å²) < 4.78 is 0.